The lowest BCUT2D eigenvalue weighted by atomic mass is 10.1. The predicted molar refractivity (Wildman–Crippen MR) is 101 cm³/mol. The first kappa shape index (κ1) is 18.8. The molecule has 2 aromatic rings. The molecule has 1 aromatic carbocycles. The van der Waals surface area contributed by atoms with Crippen LogP contribution >= 0.6 is 11.3 Å². The third kappa shape index (κ3) is 3.99. The van der Waals surface area contributed by atoms with Crippen LogP contribution in [0.3, 0.4) is 0 Å². The maximum absolute atomic E-state index is 13.4. The second kappa shape index (κ2) is 7.83. The van der Waals surface area contributed by atoms with E-state index in [1.165, 1.54) is 17.4 Å². The highest BCUT2D eigenvalue weighted by Crippen LogP contribution is 2.29. The van der Waals surface area contributed by atoms with Gasteiger partial charge in [0.25, 0.3) is 5.91 Å². The molecule has 28 heavy (non-hydrogen) atoms. The highest BCUT2D eigenvalue weighted by molar-refractivity contribution is 7.15. The Kier molecular flexibility index (Phi) is 5.25. The number of anilines is 1. The molecule has 9 heteroatoms. The first-order valence-electron chi connectivity index (χ1n) is 9.30. The Hall–Kier alpha value is -2.55. The fourth-order valence-electron chi connectivity index (χ4n) is 3.62. The van der Waals surface area contributed by atoms with Gasteiger partial charge in [-0.3, -0.25) is 10.1 Å². The van der Waals surface area contributed by atoms with Gasteiger partial charge in [0.2, 0.25) is 0 Å². The van der Waals surface area contributed by atoms with Crippen LogP contribution in [-0.2, 0) is 13.0 Å². The third-order valence-electron chi connectivity index (χ3n) is 5.10. The van der Waals surface area contributed by atoms with Crippen molar-refractivity contribution >= 4 is 28.4 Å². The summed E-state index contributed by atoms with van der Waals surface area (Å²) in [5.41, 5.74) is 0.969. The molecule has 3 amide bonds. The van der Waals surface area contributed by atoms with Crippen LogP contribution in [0.25, 0.3) is 0 Å². The number of nitrogens with zero attached hydrogens (tertiary/aromatic N) is 2. The zero-order valence-corrected chi connectivity index (χ0v) is 16.0. The van der Waals surface area contributed by atoms with Crippen molar-refractivity contribution in [2.45, 2.75) is 44.7 Å². The number of nitrogens with one attached hydrogen (secondary N) is 2. The van der Waals surface area contributed by atoms with Gasteiger partial charge >= 0.3 is 6.03 Å². The van der Waals surface area contributed by atoms with Crippen LogP contribution in [0.4, 0.5) is 18.7 Å². The summed E-state index contributed by atoms with van der Waals surface area (Å²) in [6.45, 7) is 0.763. The van der Waals surface area contributed by atoms with Gasteiger partial charge in [0.05, 0.1) is 12.2 Å². The fourth-order valence-corrected chi connectivity index (χ4v) is 4.64. The fraction of sp³-hybridized carbons (Fsp3) is 0.421. The van der Waals surface area contributed by atoms with Crippen molar-refractivity contribution in [3.8, 4) is 0 Å². The Morgan fingerprint density at radius 2 is 1.96 bits per heavy atom. The molecular weight excluding hydrogens is 386 g/mol. The molecule has 4 rings (SSSR count). The average Bonchev–Trinajstić information content (AvgIpc) is 3.31. The highest BCUT2D eigenvalue weighted by atomic mass is 32.1. The van der Waals surface area contributed by atoms with E-state index in [2.05, 4.69) is 15.6 Å². The zero-order chi connectivity index (χ0) is 19.7. The Labute approximate surface area is 164 Å². The van der Waals surface area contributed by atoms with E-state index in [0.29, 0.717) is 24.6 Å². The number of urea groups is 1. The van der Waals surface area contributed by atoms with E-state index in [9.17, 15) is 18.4 Å². The van der Waals surface area contributed by atoms with Crippen LogP contribution in [0.2, 0.25) is 0 Å². The summed E-state index contributed by atoms with van der Waals surface area (Å²) in [6.07, 6.45) is 4.83. The summed E-state index contributed by atoms with van der Waals surface area (Å²) >= 11 is 1.33. The number of hydrogen-bond donors (Lipinski definition) is 2. The van der Waals surface area contributed by atoms with Crippen LogP contribution in [0.1, 0.15) is 46.6 Å². The molecule has 0 saturated heterocycles. The summed E-state index contributed by atoms with van der Waals surface area (Å²) < 4.78 is 26.5. The van der Waals surface area contributed by atoms with Gasteiger partial charge in [-0.15, -0.1) is 0 Å². The van der Waals surface area contributed by atoms with E-state index in [-0.39, 0.29) is 23.5 Å². The molecule has 1 fully saturated rings. The zero-order valence-electron chi connectivity index (χ0n) is 15.1. The molecule has 2 aliphatic rings. The molecule has 2 heterocycles. The minimum atomic E-state index is -1.04. The van der Waals surface area contributed by atoms with E-state index >= 15 is 0 Å². The Balaban J connectivity index is 1.40. The number of carbonyl (C=O) groups is 2. The van der Waals surface area contributed by atoms with Crippen molar-refractivity contribution in [3.63, 3.8) is 0 Å². The first-order valence-corrected chi connectivity index (χ1v) is 10.1. The minimum Gasteiger partial charge on any atom is -0.335 e. The second-order valence-electron chi connectivity index (χ2n) is 7.07. The van der Waals surface area contributed by atoms with E-state index in [0.717, 1.165) is 48.4 Å². The van der Waals surface area contributed by atoms with E-state index in [1.807, 2.05) is 0 Å². The van der Waals surface area contributed by atoms with Gasteiger partial charge < -0.3 is 10.2 Å². The molecule has 1 aromatic heterocycles. The number of halogens is 2. The summed E-state index contributed by atoms with van der Waals surface area (Å²) in [7, 11) is 0. The first-order chi connectivity index (χ1) is 13.5. The van der Waals surface area contributed by atoms with Crippen molar-refractivity contribution in [1.29, 1.82) is 0 Å². The lowest BCUT2D eigenvalue weighted by molar-refractivity contribution is 0.0735. The molecule has 0 unspecified atom stereocenters. The van der Waals surface area contributed by atoms with Gasteiger partial charge in [-0.05, 0) is 31.0 Å². The molecule has 0 atom stereocenters. The number of carbonyl (C=O) groups excluding carboxylic acids is 2. The summed E-state index contributed by atoms with van der Waals surface area (Å²) in [5, 5.41) is 6.23. The molecular formula is C19H20F2N4O2S. The molecule has 0 bridgehead atoms. The van der Waals surface area contributed by atoms with Crippen LogP contribution in [0.5, 0.6) is 0 Å². The van der Waals surface area contributed by atoms with Crippen molar-refractivity contribution in [1.82, 2.24) is 15.2 Å². The lowest BCUT2D eigenvalue weighted by Crippen LogP contribution is -2.36. The minimum absolute atomic E-state index is 0.112. The Bertz CT molecular complexity index is 911. The number of aromatic nitrogens is 1. The number of hydrogen-bond acceptors (Lipinski definition) is 4. The standard InChI is InChI=1S/C19H20F2N4O2S/c20-13-6-5-11(9-14(13)21)17(26)25-8-7-15-16(10-25)28-19(23-15)24-18(27)22-12-3-1-2-4-12/h5-6,9,12H,1-4,7-8,10H2,(H2,22,23,24,27). The molecule has 6 nitrogen and oxygen atoms in total. The van der Waals surface area contributed by atoms with E-state index < -0.39 is 11.6 Å². The van der Waals surface area contributed by atoms with Crippen LogP contribution in [0, 0.1) is 11.6 Å². The van der Waals surface area contributed by atoms with Crippen molar-refractivity contribution in [2.75, 3.05) is 11.9 Å². The number of fused-ring (bicyclic) bond motifs is 1. The SMILES string of the molecule is O=C(Nc1nc2c(s1)CN(C(=O)c1ccc(F)c(F)c1)CC2)NC1CCCC1. The van der Waals surface area contributed by atoms with Gasteiger partial charge in [0.15, 0.2) is 16.8 Å². The summed E-state index contributed by atoms with van der Waals surface area (Å²) in [6, 6.07) is 3.12. The molecule has 0 radical (unpaired) electrons. The predicted octanol–water partition coefficient (Wildman–Crippen LogP) is 3.68. The average molecular weight is 406 g/mol. The maximum Gasteiger partial charge on any atom is 0.321 e. The highest BCUT2D eigenvalue weighted by Gasteiger charge is 2.26. The largest absolute Gasteiger partial charge is 0.335 e. The number of rotatable bonds is 3. The van der Waals surface area contributed by atoms with Gasteiger partial charge in [0, 0.05) is 29.4 Å². The van der Waals surface area contributed by atoms with Gasteiger partial charge in [-0.1, -0.05) is 24.2 Å². The number of amides is 3. The monoisotopic (exact) mass is 406 g/mol. The Morgan fingerprint density at radius 3 is 2.71 bits per heavy atom. The summed E-state index contributed by atoms with van der Waals surface area (Å²) in [4.78, 5) is 31.6. The molecule has 148 valence electrons. The normalized spacial score (nSPS) is 16.7. The molecule has 0 spiro atoms. The van der Waals surface area contributed by atoms with Crippen LogP contribution < -0.4 is 10.6 Å². The van der Waals surface area contributed by atoms with Gasteiger partial charge in [-0.2, -0.15) is 0 Å². The lowest BCUT2D eigenvalue weighted by Gasteiger charge is -2.26. The van der Waals surface area contributed by atoms with Crippen LogP contribution in [0.15, 0.2) is 18.2 Å². The molecule has 1 aliphatic carbocycles. The molecule has 2 N–H and O–H groups in total. The molecule has 1 saturated carbocycles. The van der Waals surface area contributed by atoms with Gasteiger partial charge in [-0.25, -0.2) is 18.6 Å². The molecule has 1 aliphatic heterocycles. The van der Waals surface area contributed by atoms with Crippen LogP contribution in [-0.4, -0.2) is 34.4 Å². The topological polar surface area (TPSA) is 74.3 Å². The third-order valence-corrected chi connectivity index (χ3v) is 6.09. The number of thiazole rings is 1. The second-order valence-corrected chi connectivity index (χ2v) is 8.16. The van der Waals surface area contributed by atoms with Gasteiger partial charge in [0.1, 0.15) is 0 Å². The van der Waals surface area contributed by atoms with Crippen molar-refractivity contribution in [2.24, 2.45) is 0 Å². The van der Waals surface area contributed by atoms with E-state index in [4.69, 9.17) is 0 Å². The summed E-state index contributed by atoms with van der Waals surface area (Å²) in [5.74, 6) is -2.38. The quantitative estimate of drug-likeness (QED) is 0.817. The van der Waals surface area contributed by atoms with E-state index in [1.54, 1.807) is 4.90 Å². The Morgan fingerprint density at radius 1 is 1.18 bits per heavy atom. The van der Waals surface area contributed by atoms with Crippen molar-refractivity contribution < 1.29 is 18.4 Å². The smallest absolute Gasteiger partial charge is 0.321 e. The number of benzene rings is 1. The van der Waals surface area contributed by atoms with Crippen molar-refractivity contribution in [3.05, 3.63) is 46.0 Å². The maximum atomic E-state index is 13.4.